The summed E-state index contributed by atoms with van der Waals surface area (Å²) in [5.41, 5.74) is 5.34. The molecule has 4 rings (SSSR count). The van der Waals surface area contributed by atoms with Gasteiger partial charge in [0.25, 0.3) is 0 Å². The molecule has 3 aromatic heterocycles. The lowest BCUT2D eigenvalue weighted by atomic mass is 10.1. The average Bonchev–Trinajstić information content (AvgIpc) is 3.39. The molecule has 0 aliphatic carbocycles. The van der Waals surface area contributed by atoms with Crippen LogP contribution in [0.3, 0.4) is 0 Å². The molecule has 4 heterocycles. The molecule has 0 radical (unpaired) electrons. The van der Waals surface area contributed by atoms with Gasteiger partial charge in [-0.2, -0.15) is 4.98 Å². The van der Waals surface area contributed by atoms with E-state index in [0.717, 1.165) is 15.9 Å². The number of esters is 1. The van der Waals surface area contributed by atoms with Crippen molar-refractivity contribution in [2.24, 2.45) is 0 Å². The van der Waals surface area contributed by atoms with E-state index >= 15 is 0 Å². The molecule has 0 unspecified atom stereocenters. The Bertz CT molecular complexity index is 1160. The van der Waals surface area contributed by atoms with Crippen LogP contribution < -0.4 is 11.4 Å². The predicted molar refractivity (Wildman–Crippen MR) is 103 cm³/mol. The van der Waals surface area contributed by atoms with Gasteiger partial charge >= 0.3 is 11.7 Å². The summed E-state index contributed by atoms with van der Waals surface area (Å²) in [6.45, 7) is -0.604. The maximum absolute atomic E-state index is 14.2. The van der Waals surface area contributed by atoms with E-state index < -0.39 is 42.9 Å². The second-order valence-corrected chi connectivity index (χ2v) is 7.78. The van der Waals surface area contributed by atoms with Gasteiger partial charge in [-0.05, 0) is 12.1 Å². The van der Waals surface area contributed by atoms with Crippen LogP contribution in [-0.4, -0.2) is 67.4 Å². The minimum Gasteiger partial charge on any atom is -0.465 e. The summed E-state index contributed by atoms with van der Waals surface area (Å²) in [6, 6.07) is 3.25. The second kappa shape index (κ2) is 7.75. The monoisotopic (exact) mass is 439 g/mol. The Labute approximate surface area is 172 Å². The number of alkyl halides is 1. The van der Waals surface area contributed by atoms with Crippen molar-refractivity contribution in [3.8, 4) is 0 Å². The highest BCUT2D eigenvalue weighted by atomic mass is 32.1. The standard InChI is InChI=1S/C17H18FN5O6S/c1-28-15(26)10-3-2-7(30-10)5-22-8-4-20-16(19)21-13(8)23(17(22)27)14-12(25)11(18)9(6-24)29-14/h2-4,9,11-12,14,24-25H,5-6H2,1H3,(H2,19,20,21)/t9-,11-,12-,14-/m1/s1. The SMILES string of the molecule is COC(=O)c1ccc(Cn2c(=O)n([C@@H]3O[C@H](CO)[C@@H](F)[C@H]3O)c3nc(N)ncc32)s1. The number of fused-ring (bicyclic) bond motifs is 1. The summed E-state index contributed by atoms with van der Waals surface area (Å²) in [5, 5.41) is 19.5. The Hall–Kier alpha value is -2.87. The number of thiophene rings is 1. The van der Waals surface area contributed by atoms with Crippen molar-refractivity contribution < 1.29 is 28.9 Å². The molecule has 1 aliphatic rings. The van der Waals surface area contributed by atoms with Crippen molar-refractivity contribution in [3.05, 3.63) is 38.6 Å². The van der Waals surface area contributed by atoms with Crippen LogP contribution in [0, 0.1) is 0 Å². The van der Waals surface area contributed by atoms with Crippen molar-refractivity contribution in [1.29, 1.82) is 0 Å². The highest BCUT2D eigenvalue weighted by Crippen LogP contribution is 2.32. The van der Waals surface area contributed by atoms with Gasteiger partial charge in [0, 0.05) is 4.88 Å². The van der Waals surface area contributed by atoms with E-state index in [9.17, 15) is 24.2 Å². The van der Waals surface area contributed by atoms with Crippen LogP contribution in [0.15, 0.2) is 23.1 Å². The van der Waals surface area contributed by atoms with Crippen molar-refractivity contribution in [2.75, 3.05) is 19.5 Å². The largest absolute Gasteiger partial charge is 0.465 e. The van der Waals surface area contributed by atoms with Crippen LogP contribution in [-0.2, 0) is 16.0 Å². The van der Waals surface area contributed by atoms with E-state index in [0.29, 0.717) is 9.75 Å². The van der Waals surface area contributed by atoms with Gasteiger partial charge in [0.2, 0.25) is 5.95 Å². The number of nitrogens with two attached hydrogens (primary N) is 1. The lowest BCUT2D eigenvalue weighted by molar-refractivity contribution is -0.0513. The minimum absolute atomic E-state index is 0.0482. The maximum Gasteiger partial charge on any atom is 0.348 e. The Kier molecular flexibility index (Phi) is 5.27. The van der Waals surface area contributed by atoms with E-state index in [-0.39, 0.29) is 23.7 Å². The van der Waals surface area contributed by atoms with Crippen LogP contribution in [0.1, 0.15) is 20.8 Å². The summed E-state index contributed by atoms with van der Waals surface area (Å²) in [6.07, 6.45) is -4.93. The molecular weight excluding hydrogens is 421 g/mol. The number of hydrogen-bond acceptors (Lipinski definition) is 10. The first-order chi connectivity index (χ1) is 14.3. The number of aromatic nitrogens is 4. The molecule has 0 saturated carbocycles. The van der Waals surface area contributed by atoms with E-state index in [4.69, 9.17) is 10.5 Å². The average molecular weight is 439 g/mol. The molecule has 30 heavy (non-hydrogen) atoms. The number of ether oxygens (including phenoxy) is 2. The first kappa shape index (κ1) is 20.4. The van der Waals surface area contributed by atoms with E-state index in [1.54, 1.807) is 12.1 Å². The van der Waals surface area contributed by atoms with Crippen LogP contribution in [0.25, 0.3) is 11.2 Å². The number of hydrogen-bond donors (Lipinski definition) is 3. The predicted octanol–water partition coefficient (Wildman–Crippen LogP) is -0.340. The molecule has 1 aliphatic heterocycles. The molecule has 0 bridgehead atoms. The van der Waals surface area contributed by atoms with Gasteiger partial charge in [-0.25, -0.2) is 23.5 Å². The molecule has 4 atom stereocenters. The molecular formula is C17H18FN5O6S. The van der Waals surface area contributed by atoms with Crippen LogP contribution >= 0.6 is 11.3 Å². The van der Waals surface area contributed by atoms with Gasteiger partial charge in [-0.15, -0.1) is 11.3 Å². The Morgan fingerprint density at radius 2 is 2.23 bits per heavy atom. The van der Waals surface area contributed by atoms with Gasteiger partial charge in [0.1, 0.15) is 22.6 Å². The van der Waals surface area contributed by atoms with Gasteiger partial charge in [-0.1, -0.05) is 0 Å². The number of rotatable bonds is 5. The topological polar surface area (TPSA) is 155 Å². The third-order valence-corrected chi connectivity index (χ3v) is 5.86. The maximum atomic E-state index is 14.2. The third kappa shape index (κ3) is 3.25. The fraction of sp³-hybridized carbons (Fsp3) is 0.412. The molecule has 1 saturated heterocycles. The van der Waals surface area contributed by atoms with Crippen molar-refractivity contribution in [2.45, 2.75) is 31.2 Å². The van der Waals surface area contributed by atoms with Crippen LogP contribution in [0.4, 0.5) is 10.3 Å². The summed E-state index contributed by atoms with van der Waals surface area (Å²) >= 11 is 1.14. The highest BCUT2D eigenvalue weighted by Gasteiger charge is 2.46. The number of carbonyl (C=O) groups excluding carboxylic acids is 1. The lowest BCUT2D eigenvalue weighted by Crippen LogP contribution is -2.34. The summed E-state index contributed by atoms with van der Waals surface area (Å²) in [5.74, 6) is -0.621. The molecule has 3 aromatic rings. The molecule has 0 amide bonds. The molecule has 160 valence electrons. The zero-order valence-corrected chi connectivity index (χ0v) is 16.5. The first-order valence-electron chi connectivity index (χ1n) is 8.84. The van der Waals surface area contributed by atoms with Crippen LogP contribution in [0.2, 0.25) is 0 Å². The van der Waals surface area contributed by atoms with Crippen molar-refractivity contribution in [1.82, 2.24) is 19.1 Å². The van der Waals surface area contributed by atoms with Crippen molar-refractivity contribution in [3.63, 3.8) is 0 Å². The normalized spacial score (nSPS) is 23.9. The number of nitrogens with zero attached hydrogens (tertiary/aromatic N) is 4. The van der Waals surface area contributed by atoms with Gasteiger partial charge in [0.05, 0.1) is 26.5 Å². The number of imidazole rings is 1. The fourth-order valence-electron chi connectivity index (χ4n) is 3.35. The zero-order valence-electron chi connectivity index (χ0n) is 15.6. The van der Waals surface area contributed by atoms with E-state index in [2.05, 4.69) is 14.7 Å². The Morgan fingerprint density at radius 1 is 1.47 bits per heavy atom. The first-order valence-corrected chi connectivity index (χ1v) is 9.66. The van der Waals surface area contributed by atoms with Crippen molar-refractivity contribution >= 4 is 34.4 Å². The summed E-state index contributed by atoms with van der Waals surface area (Å²) in [4.78, 5) is 33.9. The molecule has 1 fully saturated rings. The fourth-order valence-corrected chi connectivity index (χ4v) is 4.27. The Balaban J connectivity index is 1.80. The Morgan fingerprint density at radius 3 is 2.90 bits per heavy atom. The zero-order chi connectivity index (χ0) is 21.6. The number of nitrogen functional groups attached to an aromatic ring is 1. The van der Waals surface area contributed by atoms with Gasteiger partial charge in [0.15, 0.2) is 18.0 Å². The molecule has 13 heteroatoms. The number of aliphatic hydroxyl groups excluding tert-OH is 2. The smallest absolute Gasteiger partial charge is 0.348 e. The van der Waals surface area contributed by atoms with Crippen LogP contribution in [0.5, 0.6) is 0 Å². The number of halogens is 1. The second-order valence-electron chi connectivity index (χ2n) is 6.62. The number of aliphatic hydroxyl groups is 2. The number of methoxy groups -OCH3 is 1. The lowest BCUT2D eigenvalue weighted by Gasteiger charge is -2.15. The van der Waals surface area contributed by atoms with E-state index in [1.807, 2.05) is 0 Å². The minimum atomic E-state index is -1.88. The quantitative estimate of drug-likeness (QED) is 0.453. The molecule has 0 spiro atoms. The number of anilines is 1. The number of carbonyl (C=O) groups is 1. The molecule has 4 N–H and O–H groups in total. The van der Waals surface area contributed by atoms with E-state index in [1.165, 1.54) is 17.9 Å². The van der Waals surface area contributed by atoms with Gasteiger partial charge < -0.3 is 25.4 Å². The third-order valence-electron chi connectivity index (χ3n) is 4.81. The molecule has 11 nitrogen and oxygen atoms in total. The highest BCUT2D eigenvalue weighted by molar-refractivity contribution is 7.13. The summed E-state index contributed by atoms with van der Waals surface area (Å²) < 4.78 is 26.6. The summed E-state index contributed by atoms with van der Waals surface area (Å²) in [7, 11) is 1.27. The molecule has 0 aromatic carbocycles. The van der Waals surface area contributed by atoms with Gasteiger partial charge in [-0.3, -0.25) is 4.57 Å².